The van der Waals surface area contributed by atoms with Gasteiger partial charge in [0.15, 0.2) is 0 Å². The number of rotatable bonds is 6. The summed E-state index contributed by atoms with van der Waals surface area (Å²) in [4.78, 5) is 4.14. The van der Waals surface area contributed by atoms with Crippen molar-refractivity contribution in [2.75, 3.05) is 6.61 Å². The van der Waals surface area contributed by atoms with Crippen molar-refractivity contribution in [3.8, 4) is 16.9 Å². The lowest BCUT2D eigenvalue weighted by Gasteiger charge is -2.24. The number of benzene rings is 1. The summed E-state index contributed by atoms with van der Waals surface area (Å²) >= 11 is 0. The summed E-state index contributed by atoms with van der Waals surface area (Å²) in [5.41, 5.74) is 4.23. The minimum Gasteiger partial charge on any atom is -0.485 e. The van der Waals surface area contributed by atoms with Gasteiger partial charge in [0.2, 0.25) is 0 Å². The number of aromatic nitrogens is 2. The van der Waals surface area contributed by atoms with Crippen molar-refractivity contribution in [3.63, 3.8) is 0 Å². The molecule has 4 heteroatoms. The average molecular weight is 338 g/mol. The molecular formula is C21H26N2O2. The van der Waals surface area contributed by atoms with Crippen molar-refractivity contribution >= 4 is 10.9 Å². The number of aryl methyl sites for hydroxylation is 1. The molecular weight excluding hydrogens is 312 g/mol. The number of hydrogen-bond donors (Lipinski definition) is 1. The summed E-state index contributed by atoms with van der Waals surface area (Å²) < 4.78 is 8.35. The summed E-state index contributed by atoms with van der Waals surface area (Å²) in [5.74, 6) is 0.774. The van der Waals surface area contributed by atoms with Crippen molar-refractivity contribution in [1.29, 1.82) is 0 Å². The fraction of sp³-hybridized carbons (Fsp3) is 0.381. The monoisotopic (exact) mass is 338 g/mol. The molecule has 3 rings (SSSR count). The van der Waals surface area contributed by atoms with Crippen molar-refractivity contribution in [2.24, 2.45) is 0 Å². The first-order valence-electron chi connectivity index (χ1n) is 8.80. The van der Waals surface area contributed by atoms with Crippen molar-refractivity contribution in [3.05, 3.63) is 48.4 Å². The van der Waals surface area contributed by atoms with E-state index in [-0.39, 0.29) is 6.61 Å². The number of aliphatic hydroxyl groups is 1. The standard InChI is InChI=1S/C21H26N2O2/c1-5-12-23-15(2)20(16-8-10-22-11-9-16)18-13-17(6-7-19(18)23)25-21(3,4)14-24/h6-11,13,24H,5,12,14H2,1-4H3. The number of pyridine rings is 1. The SMILES string of the molecule is CCCn1c(C)c(-c2ccncc2)c2cc(OC(C)(C)CO)ccc21. The zero-order chi connectivity index (χ0) is 18.0. The molecule has 0 aliphatic carbocycles. The fourth-order valence-corrected chi connectivity index (χ4v) is 3.27. The van der Waals surface area contributed by atoms with Crippen molar-refractivity contribution in [2.45, 2.75) is 46.3 Å². The molecule has 0 spiro atoms. The van der Waals surface area contributed by atoms with E-state index in [1.165, 1.54) is 22.2 Å². The normalized spacial score (nSPS) is 11.9. The Morgan fingerprint density at radius 2 is 1.88 bits per heavy atom. The molecule has 2 aromatic heterocycles. The van der Waals surface area contributed by atoms with Gasteiger partial charge in [-0.1, -0.05) is 6.92 Å². The maximum atomic E-state index is 9.48. The first-order chi connectivity index (χ1) is 12.0. The zero-order valence-electron chi connectivity index (χ0n) is 15.4. The van der Waals surface area contributed by atoms with Crippen LogP contribution in [0.1, 0.15) is 32.9 Å². The smallest absolute Gasteiger partial charge is 0.126 e. The summed E-state index contributed by atoms with van der Waals surface area (Å²) in [6.45, 7) is 9.08. The summed E-state index contributed by atoms with van der Waals surface area (Å²) in [7, 11) is 0. The maximum absolute atomic E-state index is 9.48. The first kappa shape index (κ1) is 17.5. The van der Waals surface area contributed by atoms with Crippen molar-refractivity contribution < 1.29 is 9.84 Å². The minimum atomic E-state index is -0.606. The van der Waals surface area contributed by atoms with E-state index >= 15 is 0 Å². The Balaban J connectivity index is 2.20. The molecule has 0 aliphatic heterocycles. The van der Waals surface area contributed by atoms with Gasteiger partial charge in [0.25, 0.3) is 0 Å². The number of nitrogens with zero attached hydrogens (tertiary/aromatic N) is 2. The van der Waals surface area contributed by atoms with Gasteiger partial charge in [-0.05, 0) is 63.1 Å². The van der Waals surface area contributed by atoms with Gasteiger partial charge in [-0.3, -0.25) is 4.98 Å². The molecule has 0 saturated heterocycles. The van der Waals surface area contributed by atoms with Crippen LogP contribution < -0.4 is 4.74 Å². The highest BCUT2D eigenvalue weighted by molar-refractivity contribution is 5.98. The van der Waals surface area contributed by atoms with E-state index in [0.29, 0.717) is 0 Å². The van der Waals surface area contributed by atoms with Crippen molar-refractivity contribution in [1.82, 2.24) is 9.55 Å². The second-order valence-corrected chi connectivity index (χ2v) is 7.05. The summed E-state index contributed by atoms with van der Waals surface area (Å²) in [6, 6.07) is 10.3. The lowest BCUT2D eigenvalue weighted by molar-refractivity contribution is 0.0414. The van der Waals surface area contributed by atoms with Crippen LogP contribution >= 0.6 is 0 Å². The molecule has 4 nitrogen and oxygen atoms in total. The molecule has 0 amide bonds. The Morgan fingerprint density at radius 1 is 1.16 bits per heavy atom. The van der Waals surface area contributed by atoms with Gasteiger partial charge in [-0.25, -0.2) is 0 Å². The molecule has 0 atom stereocenters. The highest BCUT2D eigenvalue weighted by Crippen LogP contribution is 2.37. The molecule has 1 N–H and O–H groups in total. The van der Waals surface area contributed by atoms with Gasteiger partial charge >= 0.3 is 0 Å². The van der Waals surface area contributed by atoms with Crippen LogP contribution in [0.3, 0.4) is 0 Å². The first-order valence-corrected chi connectivity index (χ1v) is 8.80. The van der Waals surface area contributed by atoms with E-state index in [9.17, 15) is 5.11 Å². The second-order valence-electron chi connectivity index (χ2n) is 7.05. The molecule has 3 aromatic rings. The van der Waals surface area contributed by atoms with Crippen LogP contribution in [0.5, 0.6) is 5.75 Å². The molecule has 0 aliphatic rings. The zero-order valence-corrected chi connectivity index (χ0v) is 15.4. The second kappa shape index (κ2) is 6.89. The predicted molar refractivity (Wildman–Crippen MR) is 102 cm³/mol. The van der Waals surface area contributed by atoms with E-state index < -0.39 is 5.60 Å². The third kappa shape index (κ3) is 3.40. The van der Waals surface area contributed by atoms with Gasteiger partial charge in [-0.2, -0.15) is 0 Å². The molecule has 0 bridgehead atoms. The lowest BCUT2D eigenvalue weighted by atomic mass is 10.0. The van der Waals surface area contributed by atoms with Crippen LogP contribution in [0.15, 0.2) is 42.7 Å². The van der Waals surface area contributed by atoms with Gasteiger partial charge < -0.3 is 14.4 Å². The van der Waals surface area contributed by atoms with E-state index in [4.69, 9.17) is 4.74 Å². The fourth-order valence-electron chi connectivity index (χ4n) is 3.27. The molecule has 0 fully saturated rings. The maximum Gasteiger partial charge on any atom is 0.126 e. The Morgan fingerprint density at radius 3 is 2.52 bits per heavy atom. The third-order valence-electron chi connectivity index (χ3n) is 4.49. The van der Waals surface area contributed by atoms with Gasteiger partial charge in [0.05, 0.1) is 6.61 Å². The van der Waals surface area contributed by atoms with Crippen LogP contribution in [-0.2, 0) is 6.54 Å². The van der Waals surface area contributed by atoms with Gasteiger partial charge in [0.1, 0.15) is 11.4 Å². The molecule has 0 radical (unpaired) electrons. The topological polar surface area (TPSA) is 47.3 Å². The molecule has 0 saturated carbocycles. The Bertz CT molecular complexity index is 866. The van der Waals surface area contributed by atoms with Gasteiger partial charge in [-0.15, -0.1) is 0 Å². The number of fused-ring (bicyclic) bond motifs is 1. The molecule has 2 heterocycles. The van der Waals surface area contributed by atoms with Crippen LogP contribution in [0, 0.1) is 6.92 Å². The molecule has 25 heavy (non-hydrogen) atoms. The summed E-state index contributed by atoms with van der Waals surface area (Å²) in [5, 5.41) is 10.7. The van der Waals surface area contributed by atoms with E-state index in [2.05, 4.69) is 35.5 Å². The van der Waals surface area contributed by atoms with Crippen LogP contribution in [0.2, 0.25) is 0 Å². The molecule has 0 unspecified atom stereocenters. The Labute approximate surface area is 149 Å². The highest BCUT2D eigenvalue weighted by atomic mass is 16.5. The Hall–Kier alpha value is -2.33. The number of ether oxygens (including phenoxy) is 1. The average Bonchev–Trinajstić information content (AvgIpc) is 2.87. The van der Waals surface area contributed by atoms with Crippen LogP contribution in [0.4, 0.5) is 0 Å². The largest absolute Gasteiger partial charge is 0.485 e. The number of hydrogen-bond acceptors (Lipinski definition) is 3. The Kier molecular flexibility index (Phi) is 4.82. The van der Waals surface area contributed by atoms with Crippen LogP contribution in [0.25, 0.3) is 22.0 Å². The quantitative estimate of drug-likeness (QED) is 0.716. The summed E-state index contributed by atoms with van der Waals surface area (Å²) in [6.07, 6.45) is 4.73. The third-order valence-corrected chi connectivity index (χ3v) is 4.49. The minimum absolute atomic E-state index is 0.0296. The molecule has 132 valence electrons. The van der Waals surface area contributed by atoms with E-state index in [1.807, 2.05) is 44.4 Å². The highest BCUT2D eigenvalue weighted by Gasteiger charge is 2.20. The van der Waals surface area contributed by atoms with Crippen LogP contribution in [-0.4, -0.2) is 26.9 Å². The molecule has 1 aromatic carbocycles. The predicted octanol–water partition coefficient (Wildman–Crippen LogP) is 4.57. The lowest BCUT2D eigenvalue weighted by Crippen LogP contribution is -2.32. The van der Waals surface area contributed by atoms with Gasteiger partial charge in [0, 0.05) is 41.1 Å². The number of aliphatic hydroxyl groups excluding tert-OH is 1. The van der Waals surface area contributed by atoms with E-state index in [1.54, 1.807) is 0 Å². The van der Waals surface area contributed by atoms with E-state index in [0.717, 1.165) is 24.3 Å².